The van der Waals surface area contributed by atoms with Crippen LogP contribution in [0.3, 0.4) is 0 Å². The van der Waals surface area contributed by atoms with E-state index in [4.69, 9.17) is 16.3 Å². The van der Waals surface area contributed by atoms with Gasteiger partial charge in [0.15, 0.2) is 5.84 Å². The number of benzene rings is 2. The lowest BCUT2D eigenvalue weighted by atomic mass is 10.1. The molecule has 0 saturated carbocycles. The molecular weight excluding hydrogens is 252 g/mol. The molecule has 0 aliphatic rings. The van der Waals surface area contributed by atoms with Crippen LogP contribution in [-0.4, -0.2) is 12.9 Å². The molecule has 0 radical (unpaired) electrons. The normalized spacial score (nSPS) is 11.2. The summed E-state index contributed by atoms with van der Waals surface area (Å²) < 4.78 is 5.09. The number of anilines is 1. The molecule has 0 saturated heterocycles. The van der Waals surface area contributed by atoms with Gasteiger partial charge in [-0.3, -0.25) is 0 Å². The number of aryl methyl sites for hydroxylation is 1. The fourth-order valence-corrected chi connectivity index (χ4v) is 1.69. The van der Waals surface area contributed by atoms with Crippen LogP contribution in [0.4, 0.5) is 5.69 Å². The summed E-state index contributed by atoms with van der Waals surface area (Å²) in [6.07, 6.45) is 0. The minimum atomic E-state index is 0.364. The van der Waals surface area contributed by atoms with E-state index in [0.29, 0.717) is 5.84 Å². The molecule has 0 unspecified atom stereocenters. The monoisotopic (exact) mass is 270 g/mol. The Bertz CT molecular complexity index is 590. The maximum absolute atomic E-state index is 5.94. The van der Waals surface area contributed by atoms with Crippen molar-refractivity contribution in [3.8, 4) is 5.75 Å². The Hall–Kier alpha value is -2.53. The first-order valence-corrected chi connectivity index (χ1v) is 6.20. The first kappa shape index (κ1) is 13.9. The van der Waals surface area contributed by atoms with Crippen molar-refractivity contribution in [2.45, 2.75) is 6.92 Å². The van der Waals surface area contributed by atoms with Crippen molar-refractivity contribution >= 4 is 11.5 Å². The zero-order valence-corrected chi connectivity index (χ0v) is 11.6. The SMILES string of the molecule is COc1ccc(N(N)/N=C(\N)c2ccc(C)cc2)cc1. The number of methoxy groups -OCH3 is 1. The van der Waals surface area contributed by atoms with E-state index >= 15 is 0 Å². The van der Waals surface area contributed by atoms with Gasteiger partial charge in [0.05, 0.1) is 12.8 Å². The summed E-state index contributed by atoms with van der Waals surface area (Å²) in [6.45, 7) is 2.02. The quantitative estimate of drug-likeness (QED) is 0.385. The van der Waals surface area contributed by atoms with Crippen LogP contribution in [-0.2, 0) is 0 Å². The Balaban J connectivity index is 2.17. The summed E-state index contributed by atoms with van der Waals surface area (Å²) in [5.74, 6) is 7.01. The average Bonchev–Trinajstić information content (AvgIpc) is 2.48. The lowest BCUT2D eigenvalue weighted by molar-refractivity contribution is 0.415. The minimum Gasteiger partial charge on any atom is -0.497 e. The smallest absolute Gasteiger partial charge is 0.152 e. The molecule has 0 bridgehead atoms. The third kappa shape index (κ3) is 3.27. The molecule has 0 aliphatic heterocycles. The summed E-state index contributed by atoms with van der Waals surface area (Å²) >= 11 is 0. The van der Waals surface area contributed by atoms with Crippen molar-refractivity contribution < 1.29 is 4.74 Å². The Morgan fingerprint density at radius 1 is 1.05 bits per heavy atom. The molecule has 0 fully saturated rings. The van der Waals surface area contributed by atoms with Gasteiger partial charge >= 0.3 is 0 Å². The summed E-state index contributed by atoms with van der Waals surface area (Å²) in [7, 11) is 1.61. The molecule has 0 aliphatic carbocycles. The van der Waals surface area contributed by atoms with Gasteiger partial charge in [-0.2, -0.15) is 5.12 Å². The molecule has 0 spiro atoms. The molecule has 0 heterocycles. The standard InChI is InChI=1S/C15H18N4O/c1-11-3-5-12(6-4-11)15(16)18-19(17)13-7-9-14(20-2)10-8-13/h3-10H,17H2,1-2H3,(H2,16,18). The number of nitrogens with zero attached hydrogens (tertiary/aromatic N) is 2. The molecular formula is C15H18N4O. The van der Waals surface area contributed by atoms with Crippen molar-refractivity contribution in [1.29, 1.82) is 0 Å². The van der Waals surface area contributed by atoms with E-state index in [0.717, 1.165) is 17.0 Å². The maximum atomic E-state index is 5.94. The van der Waals surface area contributed by atoms with Crippen molar-refractivity contribution in [3.63, 3.8) is 0 Å². The molecule has 2 aromatic carbocycles. The lowest BCUT2D eigenvalue weighted by Crippen LogP contribution is -2.29. The zero-order valence-electron chi connectivity index (χ0n) is 11.6. The van der Waals surface area contributed by atoms with Gasteiger partial charge in [-0.25, -0.2) is 5.84 Å². The molecule has 2 aromatic rings. The Morgan fingerprint density at radius 2 is 1.65 bits per heavy atom. The second kappa shape index (κ2) is 6.08. The van der Waals surface area contributed by atoms with Gasteiger partial charge in [-0.15, -0.1) is 5.10 Å². The molecule has 5 nitrogen and oxygen atoms in total. The number of nitrogens with two attached hydrogens (primary N) is 2. The zero-order chi connectivity index (χ0) is 14.5. The van der Waals surface area contributed by atoms with Crippen molar-refractivity contribution in [1.82, 2.24) is 0 Å². The van der Waals surface area contributed by atoms with Crippen LogP contribution in [0.1, 0.15) is 11.1 Å². The molecule has 0 amide bonds. The first-order chi connectivity index (χ1) is 9.60. The van der Waals surface area contributed by atoms with Gasteiger partial charge in [0.1, 0.15) is 5.75 Å². The summed E-state index contributed by atoms with van der Waals surface area (Å²) in [5.41, 5.74) is 8.67. The van der Waals surface area contributed by atoms with E-state index in [-0.39, 0.29) is 0 Å². The Labute approximate surface area is 118 Å². The Kier molecular flexibility index (Phi) is 4.22. The molecule has 0 aromatic heterocycles. The number of rotatable bonds is 4. The van der Waals surface area contributed by atoms with Crippen LogP contribution in [0.15, 0.2) is 53.6 Å². The third-order valence-electron chi connectivity index (χ3n) is 2.90. The van der Waals surface area contributed by atoms with Gasteiger partial charge in [-0.1, -0.05) is 29.8 Å². The fourth-order valence-electron chi connectivity index (χ4n) is 1.69. The molecule has 20 heavy (non-hydrogen) atoms. The van der Waals surface area contributed by atoms with Gasteiger partial charge in [0.2, 0.25) is 0 Å². The van der Waals surface area contributed by atoms with Gasteiger partial charge in [0.25, 0.3) is 0 Å². The largest absolute Gasteiger partial charge is 0.497 e. The van der Waals surface area contributed by atoms with Crippen molar-refractivity contribution in [2.24, 2.45) is 16.7 Å². The molecule has 2 rings (SSSR count). The van der Waals surface area contributed by atoms with Gasteiger partial charge in [-0.05, 0) is 31.2 Å². The molecule has 4 N–H and O–H groups in total. The van der Waals surface area contributed by atoms with E-state index < -0.39 is 0 Å². The minimum absolute atomic E-state index is 0.364. The van der Waals surface area contributed by atoms with Crippen LogP contribution in [0.25, 0.3) is 0 Å². The van der Waals surface area contributed by atoms with E-state index in [1.165, 1.54) is 10.7 Å². The fraction of sp³-hybridized carbons (Fsp3) is 0.133. The molecule has 0 atom stereocenters. The number of hydrogen-bond acceptors (Lipinski definition) is 4. The van der Waals surface area contributed by atoms with E-state index in [1.54, 1.807) is 7.11 Å². The highest BCUT2D eigenvalue weighted by molar-refractivity contribution is 5.97. The topological polar surface area (TPSA) is 76.9 Å². The summed E-state index contributed by atoms with van der Waals surface area (Å²) in [6, 6.07) is 15.0. The number of amidine groups is 1. The number of hydrazone groups is 1. The highest BCUT2D eigenvalue weighted by Crippen LogP contribution is 2.17. The highest BCUT2D eigenvalue weighted by Gasteiger charge is 2.03. The number of hydrogen-bond donors (Lipinski definition) is 2. The third-order valence-corrected chi connectivity index (χ3v) is 2.90. The number of hydrazine groups is 1. The lowest BCUT2D eigenvalue weighted by Gasteiger charge is -2.14. The average molecular weight is 270 g/mol. The van der Waals surface area contributed by atoms with Crippen LogP contribution in [0, 0.1) is 6.92 Å². The second-order valence-corrected chi connectivity index (χ2v) is 4.39. The van der Waals surface area contributed by atoms with E-state index in [9.17, 15) is 0 Å². The van der Waals surface area contributed by atoms with Crippen molar-refractivity contribution in [3.05, 3.63) is 59.7 Å². The molecule has 5 heteroatoms. The maximum Gasteiger partial charge on any atom is 0.152 e. The summed E-state index contributed by atoms with van der Waals surface area (Å²) in [5, 5.41) is 5.41. The highest BCUT2D eigenvalue weighted by atomic mass is 16.5. The van der Waals surface area contributed by atoms with E-state index in [1.807, 2.05) is 55.5 Å². The van der Waals surface area contributed by atoms with Gasteiger partial charge < -0.3 is 10.5 Å². The van der Waals surface area contributed by atoms with Crippen LogP contribution >= 0.6 is 0 Å². The second-order valence-electron chi connectivity index (χ2n) is 4.39. The first-order valence-electron chi connectivity index (χ1n) is 6.20. The van der Waals surface area contributed by atoms with Crippen molar-refractivity contribution in [2.75, 3.05) is 12.2 Å². The van der Waals surface area contributed by atoms with E-state index in [2.05, 4.69) is 5.10 Å². The number of ether oxygens (including phenoxy) is 1. The molecule has 104 valence electrons. The van der Waals surface area contributed by atoms with Gasteiger partial charge in [0, 0.05) is 5.56 Å². The van der Waals surface area contributed by atoms with Crippen LogP contribution in [0.5, 0.6) is 5.75 Å². The van der Waals surface area contributed by atoms with Crippen LogP contribution in [0.2, 0.25) is 0 Å². The predicted octanol–water partition coefficient (Wildman–Crippen LogP) is 2.00. The van der Waals surface area contributed by atoms with Crippen LogP contribution < -0.4 is 21.4 Å². The Morgan fingerprint density at radius 3 is 2.20 bits per heavy atom. The predicted molar refractivity (Wildman–Crippen MR) is 81.6 cm³/mol. The summed E-state index contributed by atoms with van der Waals surface area (Å²) in [4.78, 5) is 0.